The molecule has 57 heavy (non-hydrogen) atoms. The fraction of sp³-hybridized carbons (Fsp3) is 0.0952. The van der Waals surface area contributed by atoms with E-state index in [0.717, 1.165) is 6.07 Å². The average molecular weight is 845 g/mol. The molecule has 2 aromatic heterocycles. The van der Waals surface area contributed by atoms with Gasteiger partial charge >= 0.3 is 0 Å². The van der Waals surface area contributed by atoms with Crippen molar-refractivity contribution in [3.8, 4) is 0 Å². The van der Waals surface area contributed by atoms with E-state index >= 15 is 0 Å². The lowest BCUT2D eigenvalue weighted by Gasteiger charge is -2.25. The number of aromatic nitrogens is 2. The molecule has 0 saturated heterocycles. The molecule has 0 fully saturated rings. The second-order valence-electron chi connectivity index (χ2n) is 12.4. The molecule has 288 valence electrons. The van der Waals surface area contributed by atoms with Gasteiger partial charge in [0, 0.05) is 58.8 Å². The maximum Gasteiger partial charge on any atom is 0.233 e. The third-order valence-electron chi connectivity index (χ3n) is 8.43. The van der Waals surface area contributed by atoms with E-state index in [1.807, 2.05) is 0 Å². The smallest absolute Gasteiger partial charge is 0.233 e. The van der Waals surface area contributed by atoms with E-state index in [9.17, 15) is 23.6 Å². The Hall–Kier alpha value is -5.85. The molecule has 0 spiro atoms. The van der Waals surface area contributed by atoms with E-state index in [4.69, 9.17) is 46.4 Å². The summed E-state index contributed by atoms with van der Waals surface area (Å²) in [5.74, 6) is -2.12. The first-order valence-corrected chi connectivity index (χ1v) is 18.8. The van der Waals surface area contributed by atoms with Crippen molar-refractivity contribution in [2.45, 2.75) is 25.7 Å². The van der Waals surface area contributed by atoms with Crippen LogP contribution in [-0.4, -0.2) is 33.6 Å². The van der Waals surface area contributed by atoms with Gasteiger partial charge in [-0.1, -0.05) is 94.9 Å². The number of nitrogens with one attached hydrogen (secondary N) is 2. The number of para-hydroxylation sites is 2. The van der Waals surface area contributed by atoms with Crippen LogP contribution >= 0.6 is 46.4 Å². The number of hydrogen-bond donors (Lipinski definition) is 2. The number of hydrogen-bond acceptors (Lipinski definition) is 6. The van der Waals surface area contributed by atoms with E-state index in [1.54, 1.807) is 78.9 Å². The summed E-state index contributed by atoms with van der Waals surface area (Å²) in [6.07, 6.45) is 2.09. The maximum absolute atomic E-state index is 14.2. The number of anilines is 6. The number of nitrogens with zero attached hydrogens (tertiary/aromatic N) is 4. The van der Waals surface area contributed by atoms with Crippen molar-refractivity contribution in [2.75, 3.05) is 20.4 Å². The van der Waals surface area contributed by atoms with Gasteiger partial charge < -0.3 is 10.6 Å². The molecule has 0 aliphatic heterocycles. The van der Waals surface area contributed by atoms with Crippen LogP contribution in [0.5, 0.6) is 0 Å². The Morgan fingerprint density at radius 1 is 0.526 bits per heavy atom. The molecule has 6 aromatic rings. The standard InChI is InChI=1S/C42H31Cl4FN6O4/c43-31-8-2-1-7-26(31)21-39(54)50-29-17-19-48-37(24-29)52(35-11-5-3-9-32(35)44)41(56)15-16-42(57)53(36-12-6-4-10-33(36)45)38-25-30(18-20-49-38)51-40(55)22-27-13-14-28(47)23-34(27)46/h1-14,17-20,23-25H,15-16,21-22H2,(H,48,50,54)(H,49,51,55). The molecule has 4 amide bonds. The SMILES string of the molecule is O=C(Cc1ccccc1Cl)Nc1ccnc(N(C(=O)CCC(=O)N(c2cc(NC(=O)Cc3ccc(F)cc3Cl)ccn2)c2ccccc2Cl)c2ccccc2Cl)c1. The summed E-state index contributed by atoms with van der Waals surface area (Å²) in [7, 11) is 0. The molecule has 0 radical (unpaired) electrons. The first kappa shape index (κ1) is 40.8. The molecule has 2 N–H and O–H groups in total. The number of rotatable bonds is 13. The van der Waals surface area contributed by atoms with Crippen molar-refractivity contribution in [3.05, 3.63) is 165 Å². The van der Waals surface area contributed by atoms with Crippen LogP contribution in [0.4, 0.5) is 38.8 Å². The van der Waals surface area contributed by atoms with Gasteiger partial charge in [-0.3, -0.25) is 29.0 Å². The molecular weight excluding hydrogens is 813 g/mol. The summed E-state index contributed by atoms with van der Waals surface area (Å²) in [4.78, 5) is 65.6. The molecule has 0 saturated carbocycles. The van der Waals surface area contributed by atoms with Crippen LogP contribution in [0.3, 0.4) is 0 Å². The zero-order chi connectivity index (χ0) is 40.5. The van der Waals surface area contributed by atoms with Crippen molar-refractivity contribution in [3.63, 3.8) is 0 Å². The minimum absolute atomic E-state index is 0.0174. The van der Waals surface area contributed by atoms with E-state index in [0.29, 0.717) is 33.2 Å². The average Bonchev–Trinajstić information content (AvgIpc) is 3.18. The molecular formula is C42H31Cl4FN6O4. The monoisotopic (exact) mass is 842 g/mol. The molecule has 4 aromatic carbocycles. The van der Waals surface area contributed by atoms with Crippen molar-refractivity contribution in [2.24, 2.45) is 0 Å². The molecule has 0 aliphatic rings. The van der Waals surface area contributed by atoms with Crippen LogP contribution in [0.2, 0.25) is 20.1 Å². The maximum atomic E-state index is 14.2. The van der Waals surface area contributed by atoms with Gasteiger partial charge in [0.05, 0.1) is 34.3 Å². The molecule has 10 nitrogen and oxygen atoms in total. The lowest BCUT2D eigenvalue weighted by atomic mass is 10.1. The molecule has 15 heteroatoms. The van der Waals surface area contributed by atoms with Gasteiger partial charge in [0.2, 0.25) is 23.6 Å². The fourth-order valence-corrected chi connectivity index (χ4v) is 6.65. The van der Waals surface area contributed by atoms with Gasteiger partial charge in [-0.15, -0.1) is 0 Å². The third-order valence-corrected chi connectivity index (χ3v) is 9.79. The third kappa shape index (κ3) is 10.5. The van der Waals surface area contributed by atoms with Gasteiger partial charge in [-0.05, 0) is 65.7 Å². The molecule has 0 atom stereocenters. The first-order valence-electron chi connectivity index (χ1n) is 17.3. The number of halogens is 5. The van der Waals surface area contributed by atoms with E-state index in [2.05, 4.69) is 20.6 Å². The van der Waals surface area contributed by atoms with Crippen LogP contribution in [0, 0.1) is 5.82 Å². The zero-order valence-corrected chi connectivity index (χ0v) is 32.8. The molecule has 0 aliphatic carbocycles. The normalized spacial score (nSPS) is 10.8. The first-order chi connectivity index (χ1) is 27.5. The summed E-state index contributed by atoms with van der Waals surface area (Å²) in [5, 5.41) is 6.62. The van der Waals surface area contributed by atoms with Gasteiger partial charge in [-0.2, -0.15) is 0 Å². The largest absolute Gasteiger partial charge is 0.326 e. The topological polar surface area (TPSA) is 125 Å². The van der Waals surface area contributed by atoms with Gasteiger partial charge in [0.25, 0.3) is 0 Å². The summed E-state index contributed by atoms with van der Waals surface area (Å²) in [5.41, 5.74) is 2.33. The Labute approximate surface area is 347 Å². The molecule has 0 unspecified atom stereocenters. The fourth-order valence-electron chi connectivity index (χ4n) is 5.77. The Morgan fingerprint density at radius 2 is 0.965 bits per heavy atom. The summed E-state index contributed by atoms with van der Waals surface area (Å²) < 4.78 is 13.5. The number of carbonyl (C=O) groups is 4. The van der Waals surface area contributed by atoms with Crippen molar-refractivity contribution in [1.29, 1.82) is 0 Å². The Morgan fingerprint density at radius 3 is 1.42 bits per heavy atom. The quantitative estimate of drug-likeness (QED) is 0.119. The predicted octanol–water partition coefficient (Wildman–Crippen LogP) is 10.4. The van der Waals surface area contributed by atoms with Crippen molar-refractivity contribution in [1.82, 2.24) is 9.97 Å². The summed E-state index contributed by atoms with van der Waals surface area (Å²) >= 11 is 25.5. The molecule has 2 heterocycles. The van der Waals surface area contributed by atoms with Crippen molar-refractivity contribution >= 4 is 104 Å². The highest BCUT2D eigenvalue weighted by Crippen LogP contribution is 2.35. The Bertz CT molecular complexity index is 2470. The Kier molecular flexibility index (Phi) is 13.5. The van der Waals surface area contributed by atoms with Crippen LogP contribution in [-0.2, 0) is 32.0 Å². The van der Waals surface area contributed by atoms with E-state index in [1.165, 1.54) is 52.5 Å². The zero-order valence-electron chi connectivity index (χ0n) is 29.8. The predicted molar refractivity (Wildman–Crippen MR) is 222 cm³/mol. The highest BCUT2D eigenvalue weighted by Gasteiger charge is 2.27. The minimum atomic E-state index is -0.543. The van der Waals surface area contributed by atoms with Gasteiger partial charge in [0.15, 0.2) is 0 Å². The lowest BCUT2D eigenvalue weighted by Crippen LogP contribution is -2.31. The van der Waals surface area contributed by atoms with Crippen LogP contribution in [0.1, 0.15) is 24.0 Å². The Balaban J connectivity index is 1.23. The number of carbonyl (C=O) groups excluding carboxylic acids is 4. The highest BCUT2D eigenvalue weighted by molar-refractivity contribution is 6.35. The molecule has 0 bridgehead atoms. The second-order valence-corrected chi connectivity index (χ2v) is 14.1. The van der Waals surface area contributed by atoms with E-state index < -0.39 is 23.5 Å². The highest BCUT2D eigenvalue weighted by atomic mass is 35.5. The van der Waals surface area contributed by atoms with Crippen molar-refractivity contribution < 1.29 is 23.6 Å². The van der Waals surface area contributed by atoms with Crippen LogP contribution in [0.15, 0.2) is 128 Å². The second kappa shape index (κ2) is 18.9. The number of amides is 4. The summed E-state index contributed by atoms with van der Waals surface area (Å²) in [6, 6.07) is 30.2. The van der Waals surface area contributed by atoms with Crippen LogP contribution in [0.25, 0.3) is 0 Å². The van der Waals surface area contributed by atoms with E-state index in [-0.39, 0.29) is 64.0 Å². The molecule has 6 rings (SSSR count). The number of benzene rings is 4. The number of pyridine rings is 2. The lowest BCUT2D eigenvalue weighted by molar-refractivity contribution is -0.123. The minimum Gasteiger partial charge on any atom is -0.326 e. The van der Waals surface area contributed by atoms with Gasteiger partial charge in [0.1, 0.15) is 17.5 Å². The summed E-state index contributed by atoms with van der Waals surface area (Å²) in [6.45, 7) is 0. The van der Waals surface area contributed by atoms with Crippen LogP contribution < -0.4 is 20.4 Å². The van der Waals surface area contributed by atoms with Gasteiger partial charge in [-0.25, -0.2) is 14.4 Å².